The van der Waals surface area contributed by atoms with E-state index in [1.165, 1.54) is 6.26 Å². The van der Waals surface area contributed by atoms with Crippen molar-refractivity contribution in [3.63, 3.8) is 0 Å². The zero-order chi connectivity index (χ0) is 18.6. The van der Waals surface area contributed by atoms with Crippen LogP contribution in [0.5, 0.6) is 0 Å². The first-order valence-electron chi connectivity index (χ1n) is 8.58. The summed E-state index contributed by atoms with van der Waals surface area (Å²) in [5.74, 6) is -0.547. The van der Waals surface area contributed by atoms with Crippen LogP contribution in [0.25, 0.3) is 0 Å². The molecule has 1 saturated carbocycles. The smallest absolute Gasteiger partial charge is 0.208 e. The van der Waals surface area contributed by atoms with Crippen LogP contribution in [0.3, 0.4) is 0 Å². The number of hydrogen-bond acceptors (Lipinski definition) is 10. The Kier molecular flexibility index (Phi) is 4.75. The zero-order valence-electron chi connectivity index (χ0n) is 14.1. The predicted molar refractivity (Wildman–Crippen MR) is 81.3 cm³/mol. The summed E-state index contributed by atoms with van der Waals surface area (Å²) in [5.41, 5.74) is -0.866. The Labute approximate surface area is 149 Å². The summed E-state index contributed by atoms with van der Waals surface area (Å²) < 4.78 is 27.9. The average molecular weight is 376 g/mol. The fourth-order valence-electron chi connectivity index (χ4n) is 4.43. The summed E-state index contributed by atoms with van der Waals surface area (Å²) in [6, 6.07) is 0. The van der Waals surface area contributed by atoms with Crippen molar-refractivity contribution in [1.82, 2.24) is 0 Å². The Balaban J connectivity index is 1.54. The molecule has 148 valence electrons. The number of epoxide rings is 1. The molecule has 26 heavy (non-hydrogen) atoms. The van der Waals surface area contributed by atoms with Crippen molar-refractivity contribution in [3.8, 4) is 0 Å². The molecule has 0 aromatic carbocycles. The SMILES string of the molecule is CO[C@H]1[C@@H]2C=CO[C@@H](O[C@@H]3O[C@H](CO)[C@@H](O)[C@H](O)[C@H]3O)[C@@H]2[C@@]2(CO)O[C@@H]12. The van der Waals surface area contributed by atoms with Gasteiger partial charge in [-0.25, -0.2) is 0 Å². The maximum absolute atomic E-state index is 10.2. The molecule has 0 spiro atoms. The molecule has 1 aliphatic carbocycles. The van der Waals surface area contributed by atoms with E-state index in [0.29, 0.717) is 0 Å². The molecule has 0 aromatic heterocycles. The Hall–Kier alpha value is -0.820. The van der Waals surface area contributed by atoms with Gasteiger partial charge in [0.05, 0.1) is 31.5 Å². The highest BCUT2D eigenvalue weighted by atomic mass is 16.8. The van der Waals surface area contributed by atoms with Crippen molar-refractivity contribution in [2.75, 3.05) is 20.3 Å². The summed E-state index contributed by atoms with van der Waals surface area (Å²) in [4.78, 5) is 0. The van der Waals surface area contributed by atoms with Crippen LogP contribution in [0.4, 0.5) is 0 Å². The van der Waals surface area contributed by atoms with E-state index in [4.69, 9.17) is 23.7 Å². The third-order valence-corrected chi connectivity index (χ3v) is 5.87. The highest BCUT2D eigenvalue weighted by Crippen LogP contribution is 2.60. The Morgan fingerprint density at radius 3 is 2.50 bits per heavy atom. The first-order chi connectivity index (χ1) is 12.5. The van der Waals surface area contributed by atoms with Gasteiger partial charge in [-0.15, -0.1) is 0 Å². The van der Waals surface area contributed by atoms with Gasteiger partial charge in [0, 0.05) is 13.0 Å². The van der Waals surface area contributed by atoms with E-state index in [-0.39, 0.29) is 24.7 Å². The third-order valence-electron chi connectivity index (χ3n) is 5.87. The summed E-state index contributed by atoms with van der Waals surface area (Å²) >= 11 is 0. The molecule has 10 heteroatoms. The summed E-state index contributed by atoms with van der Waals surface area (Å²) in [7, 11) is 1.56. The topological polar surface area (TPSA) is 151 Å². The van der Waals surface area contributed by atoms with Crippen molar-refractivity contribution in [1.29, 1.82) is 0 Å². The number of aliphatic hydroxyl groups is 5. The largest absolute Gasteiger partial charge is 0.472 e. The minimum atomic E-state index is -1.55. The van der Waals surface area contributed by atoms with Gasteiger partial charge in [0.25, 0.3) is 0 Å². The van der Waals surface area contributed by atoms with Crippen molar-refractivity contribution >= 4 is 0 Å². The van der Waals surface area contributed by atoms with Gasteiger partial charge in [-0.3, -0.25) is 0 Å². The van der Waals surface area contributed by atoms with E-state index >= 15 is 0 Å². The Bertz CT molecular complexity index is 555. The van der Waals surface area contributed by atoms with Crippen LogP contribution in [0, 0.1) is 11.8 Å². The maximum Gasteiger partial charge on any atom is 0.208 e. The molecule has 0 unspecified atom stereocenters. The fraction of sp³-hybridized carbons (Fsp3) is 0.875. The second-order valence-corrected chi connectivity index (χ2v) is 7.12. The van der Waals surface area contributed by atoms with Crippen molar-refractivity contribution < 1.29 is 49.2 Å². The number of aliphatic hydroxyl groups excluding tert-OH is 5. The van der Waals surface area contributed by atoms with Crippen LogP contribution < -0.4 is 0 Å². The standard InChI is InChI=1S/C16H24O10/c1-22-12-6-2-3-23-14(8(6)16(5-18)13(12)26-16)25-15-11(21)10(20)9(19)7(4-17)24-15/h2-3,6-15,17-21H,4-5H2,1H3/t6-,7-,8-,9-,10+,11-,12+,13+,14+,15+,16-/m1/s1. The van der Waals surface area contributed by atoms with E-state index in [1.54, 1.807) is 7.11 Å². The normalized spacial score (nSPS) is 55.2. The number of rotatable bonds is 5. The van der Waals surface area contributed by atoms with E-state index in [1.807, 2.05) is 6.08 Å². The van der Waals surface area contributed by atoms with Crippen LogP contribution in [0.2, 0.25) is 0 Å². The molecule has 0 aromatic rings. The molecular formula is C16H24O10. The van der Waals surface area contributed by atoms with Gasteiger partial charge in [0.2, 0.25) is 6.29 Å². The molecule has 0 amide bonds. The highest BCUT2D eigenvalue weighted by molar-refractivity contribution is 5.25. The van der Waals surface area contributed by atoms with E-state index in [2.05, 4.69) is 0 Å². The van der Waals surface area contributed by atoms with Gasteiger partial charge < -0.3 is 49.2 Å². The lowest BCUT2D eigenvalue weighted by atomic mass is 9.85. The molecule has 5 N–H and O–H groups in total. The predicted octanol–water partition coefficient (Wildman–Crippen LogP) is -2.94. The molecular weight excluding hydrogens is 352 g/mol. The summed E-state index contributed by atoms with van der Waals surface area (Å²) in [5, 5.41) is 49.1. The van der Waals surface area contributed by atoms with Gasteiger partial charge in [0.1, 0.15) is 36.1 Å². The molecule has 10 nitrogen and oxygen atoms in total. The van der Waals surface area contributed by atoms with Gasteiger partial charge in [-0.2, -0.15) is 0 Å². The maximum atomic E-state index is 10.2. The molecule has 0 bridgehead atoms. The molecule has 3 fully saturated rings. The molecule has 11 atom stereocenters. The second kappa shape index (κ2) is 6.66. The summed E-state index contributed by atoms with van der Waals surface area (Å²) in [6.07, 6.45) is -5.21. The van der Waals surface area contributed by atoms with Crippen molar-refractivity contribution in [2.24, 2.45) is 11.8 Å². The number of methoxy groups -OCH3 is 1. The van der Waals surface area contributed by atoms with Crippen LogP contribution in [-0.2, 0) is 23.7 Å². The Morgan fingerprint density at radius 2 is 1.85 bits per heavy atom. The van der Waals surface area contributed by atoms with Crippen LogP contribution >= 0.6 is 0 Å². The van der Waals surface area contributed by atoms with Gasteiger partial charge in [-0.1, -0.05) is 0 Å². The van der Waals surface area contributed by atoms with Crippen LogP contribution in [0.15, 0.2) is 12.3 Å². The van der Waals surface area contributed by atoms with Crippen LogP contribution in [-0.4, -0.2) is 101 Å². The average Bonchev–Trinajstić information content (AvgIpc) is 3.31. The molecule has 3 heterocycles. The lowest BCUT2D eigenvalue weighted by Crippen LogP contribution is -2.60. The monoisotopic (exact) mass is 376 g/mol. The number of fused-ring (bicyclic) bond motifs is 3. The van der Waals surface area contributed by atoms with E-state index in [9.17, 15) is 25.5 Å². The van der Waals surface area contributed by atoms with Crippen molar-refractivity contribution in [3.05, 3.63) is 12.3 Å². The highest BCUT2D eigenvalue weighted by Gasteiger charge is 2.76. The Morgan fingerprint density at radius 1 is 1.08 bits per heavy atom. The first-order valence-corrected chi connectivity index (χ1v) is 8.58. The van der Waals surface area contributed by atoms with Crippen LogP contribution in [0.1, 0.15) is 0 Å². The molecule has 0 radical (unpaired) electrons. The van der Waals surface area contributed by atoms with E-state index < -0.39 is 55.1 Å². The third kappa shape index (κ3) is 2.53. The summed E-state index contributed by atoms with van der Waals surface area (Å²) in [6.45, 7) is -0.801. The van der Waals surface area contributed by atoms with Crippen molar-refractivity contribution in [2.45, 2.75) is 54.8 Å². The van der Waals surface area contributed by atoms with E-state index in [0.717, 1.165) is 0 Å². The minimum absolute atomic E-state index is 0.130. The van der Waals surface area contributed by atoms with Gasteiger partial charge in [-0.05, 0) is 6.08 Å². The molecule has 4 rings (SSSR count). The fourth-order valence-corrected chi connectivity index (χ4v) is 4.43. The lowest BCUT2D eigenvalue weighted by molar-refractivity contribution is -0.344. The molecule has 3 aliphatic heterocycles. The minimum Gasteiger partial charge on any atom is -0.472 e. The molecule has 4 aliphatic rings. The number of hydrogen-bond donors (Lipinski definition) is 5. The lowest BCUT2D eigenvalue weighted by Gasteiger charge is -2.43. The second-order valence-electron chi connectivity index (χ2n) is 7.12. The first kappa shape index (κ1) is 18.5. The van der Waals surface area contributed by atoms with Gasteiger partial charge in [0.15, 0.2) is 6.29 Å². The van der Waals surface area contributed by atoms with Gasteiger partial charge >= 0.3 is 0 Å². The number of ether oxygens (including phenoxy) is 5. The quantitative estimate of drug-likeness (QED) is 0.315. The zero-order valence-corrected chi connectivity index (χ0v) is 14.1. The molecule has 2 saturated heterocycles.